The molecule has 0 spiro atoms. The molecule has 3 rings (SSSR count). The molecule has 4 heteroatoms. The standard InChI is InChI=1S/C22H32N4/c1-3-7-21(8-4-1)19-25-15-13-23-11-12-24-14-16-26(18-17-25)20-22-9-5-2-6-10-22/h1-10,23-24H,11-20H2. The highest BCUT2D eigenvalue weighted by Crippen LogP contribution is 2.07. The number of benzene rings is 2. The van der Waals surface area contributed by atoms with Crippen molar-refractivity contribution in [2.24, 2.45) is 0 Å². The second kappa shape index (κ2) is 11.1. The Bertz CT molecular complexity index is 547. The molecular weight excluding hydrogens is 320 g/mol. The summed E-state index contributed by atoms with van der Waals surface area (Å²) < 4.78 is 0. The van der Waals surface area contributed by atoms with Crippen molar-refractivity contribution in [3.63, 3.8) is 0 Å². The quantitative estimate of drug-likeness (QED) is 0.883. The smallest absolute Gasteiger partial charge is 0.0234 e. The zero-order valence-electron chi connectivity index (χ0n) is 15.7. The lowest BCUT2D eigenvalue weighted by atomic mass is 10.2. The molecule has 26 heavy (non-hydrogen) atoms. The van der Waals surface area contributed by atoms with Gasteiger partial charge in [0.05, 0.1) is 0 Å². The molecule has 0 amide bonds. The average molecular weight is 353 g/mol. The van der Waals surface area contributed by atoms with Gasteiger partial charge in [0.25, 0.3) is 0 Å². The van der Waals surface area contributed by atoms with E-state index in [-0.39, 0.29) is 0 Å². The van der Waals surface area contributed by atoms with Crippen molar-refractivity contribution in [1.29, 1.82) is 0 Å². The van der Waals surface area contributed by atoms with Gasteiger partial charge in [0, 0.05) is 65.4 Å². The Hall–Kier alpha value is -1.72. The van der Waals surface area contributed by atoms with Gasteiger partial charge in [-0.15, -0.1) is 0 Å². The van der Waals surface area contributed by atoms with Crippen molar-refractivity contribution in [3.8, 4) is 0 Å². The van der Waals surface area contributed by atoms with Crippen LogP contribution in [0.1, 0.15) is 11.1 Å². The first kappa shape index (κ1) is 19.1. The minimum atomic E-state index is 1.03. The minimum Gasteiger partial charge on any atom is -0.314 e. The molecule has 0 aliphatic carbocycles. The Morgan fingerprint density at radius 2 is 0.962 bits per heavy atom. The molecule has 2 aromatic rings. The second-order valence-corrected chi connectivity index (χ2v) is 7.02. The molecule has 0 saturated carbocycles. The van der Waals surface area contributed by atoms with Gasteiger partial charge in [0.1, 0.15) is 0 Å². The highest BCUT2D eigenvalue weighted by Gasteiger charge is 2.11. The molecule has 2 aromatic carbocycles. The lowest BCUT2D eigenvalue weighted by Crippen LogP contribution is -2.43. The monoisotopic (exact) mass is 352 g/mol. The molecular formula is C22H32N4. The maximum Gasteiger partial charge on any atom is 0.0234 e. The van der Waals surface area contributed by atoms with Crippen molar-refractivity contribution in [2.45, 2.75) is 13.1 Å². The van der Waals surface area contributed by atoms with Crippen LogP contribution in [0.4, 0.5) is 0 Å². The van der Waals surface area contributed by atoms with Crippen LogP contribution in [0.25, 0.3) is 0 Å². The van der Waals surface area contributed by atoms with Crippen LogP contribution in [0.3, 0.4) is 0 Å². The Labute approximate surface area is 158 Å². The topological polar surface area (TPSA) is 30.5 Å². The fraction of sp³-hybridized carbons (Fsp3) is 0.455. The number of hydrogen-bond donors (Lipinski definition) is 2. The summed E-state index contributed by atoms with van der Waals surface area (Å²) >= 11 is 0. The normalized spacial score (nSPS) is 18.8. The van der Waals surface area contributed by atoms with Gasteiger partial charge < -0.3 is 10.6 Å². The summed E-state index contributed by atoms with van der Waals surface area (Å²) in [6, 6.07) is 21.7. The van der Waals surface area contributed by atoms with E-state index in [0.29, 0.717) is 0 Å². The molecule has 2 N–H and O–H groups in total. The van der Waals surface area contributed by atoms with Crippen LogP contribution in [0.5, 0.6) is 0 Å². The highest BCUT2D eigenvalue weighted by molar-refractivity contribution is 5.15. The van der Waals surface area contributed by atoms with E-state index < -0.39 is 0 Å². The summed E-state index contributed by atoms with van der Waals surface area (Å²) in [5, 5.41) is 7.10. The zero-order chi connectivity index (χ0) is 17.9. The zero-order valence-corrected chi connectivity index (χ0v) is 15.7. The summed E-state index contributed by atoms with van der Waals surface area (Å²) in [7, 11) is 0. The van der Waals surface area contributed by atoms with Crippen LogP contribution in [0.2, 0.25) is 0 Å². The largest absolute Gasteiger partial charge is 0.314 e. The first-order chi connectivity index (χ1) is 12.9. The van der Waals surface area contributed by atoms with Crippen LogP contribution in [0, 0.1) is 0 Å². The van der Waals surface area contributed by atoms with Crippen LogP contribution in [-0.2, 0) is 13.1 Å². The highest BCUT2D eigenvalue weighted by atomic mass is 15.2. The first-order valence-corrected chi connectivity index (χ1v) is 9.84. The second-order valence-electron chi connectivity index (χ2n) is 7.02. The molecule has 0 radical (unpaired) electrons. The lowest BCUT2D eigenvalue weighted by Gasteiger charge is -2.29. The van der Waals surface area contributed by atoms with E-state index in [1.54, 1.807) is 0 Å². The number of nitrogens with zero attached hydrogens (tertiary/aromatic N) is 2. The third-order valence-electron chi connectivity index (χ3n) is 4.92. The molecule has 1 fully saturated rings. The third-order valence-corrected chi connectivity index (χ3v) is 4.92. The number of hydrogen-bond acceptors (Lipinski definition) is 4. The van der Waals surface area contributed by atoms with E-state index in [4.69, 9.17) is 0 Å². The van der Waals surface area contributed by atoms with Crippen molar-refractivity contribution in [1.82, 2.24) is 20.4 Å². The van der Waals surface area contributed by atoms with E-state index >= 15 is 0 Å². The lowest BCUT2D eigenvalue weighted by molar-refractivity contribution is 0.191. The molecule has 0 aromatic heterocycles. The molecule has 1 heterocycles. The summed E-state index contributed by atoms with van der Waals surface area (Å²) in [5.74, 6) is 0. The van der Waals surface area contributed by atoms with Crippen molar-refractivity contribution in [3.05, 3.63) is 71.8 Å². The molecule has 140 valence electrons. The van der Waals surface area contributed by atoms with E-state index in [1.165, 1.54) is 11.1 Å². The molecule has 0 bridgehead atoms. The van der Waals surface area contributed by atoms with Crippen LogP contribution >= 0.6 is 0 Å². The fourth-order valence-electron chi connectivity index (χ4n) is 3.41. The minimum absolute atomic E-state index is 1.03. The Morgan fingerprint density at radius 1 is 0.538 bits per heavy atom. The Kier molecular flexibility index (Phi) is 8.13. The number of rotatable bonds is 4. The van der Waals surface area contributed by atoms with E-state index in [9.17, 15) is 0 Å². The average Bonchev–Trinajstić information content (AvgIpc) is 2.67. The van der Waals surface area contributed by atoms with Gasteiger partial charge >= 0.3 is 0 Å². The SMILES string of the molecule is c1ccc(CN2CCNCCNCCN(Cc3ccccc3)CC2)cc1. The molecule has 1 aliphatic heterocycles. The summed E-state index contributed by atoms with van der Waals surface area (Å²) in [6.45, 7) is 10.6. The molecule has 0 atom stereocenters. The summed E-state index contributed by atoms with van der Waals surface area (Å²) in [4.78, 5) is 5.16. The predicted octanol–water partition coefficient (Wildman–Crippen LogP) is 2.18. The van der Waals surface area contributed by atoms with Gasteiger partial charge in [0.15, 0.2) is 0 Å². The number of nitrogens with one attached hydrogen (secondary N) is 2. The van der Waals surface area contributed by atoms with Crippen molar-refractivity contribution >= 4 is 0 Å². The van der Waals surface area contributed by atoms with Gasteiger partial charge in [-0.2, -0.15) is 0 Å². The van der Waals surface area contributed by atoms with Crippen LogP contribution < -0.4 is 10.6 Å². The molecule has 4 nitrogen and oxygen atoms in total. The van der Waals surface area contributed by atoms with Crippen molar-refractivity contribution in [2.75, 3.05) is 52.4 Å². The summed E-state index contributed by atoms with van der Waals surface area (Å²) in [5.41, 5.74) is 2.80. The van der Waals surface area contributed by atoms with Gasteiger partial charge in [-0.3, -0.25) is 9.80 Å². The Balaban J connectivity index is 1.60. The first-order valence-electron chi connectivity index (χ1n) is 9.84. The molecule has 1 saturated heterocycles. The van der Waals surface area contributed by atoms with E-state index in [1.807, 2.05) is 0 Å². The maximum absolute atomic E-state index is 3.55. The maximum atomic E-state index is 3.55. The van der Waals surface area contributed by atoms with E-state index in [0.717, 1.165) is 65.4 Å². The summed E-state index contributed by atoms with van der Waals surface area (Å²) in [6.07, 6.45) is 0. The Morgan fingerprint density at radius 3 is 1.38 bits per heavy atom. The van der Waals surface area contributed by atoms with Crippen LogP contribution in [0.15, 0.2) is 60.7 Å². The van der Waals surface area contributed by atoms with Gasteiger partial charge in [0.2, 0.25) is 0 Å². The van der Waals surface area contributed by atoms with Gasteiger partial charge in [-0.25, -0.2) is 0 Å². The van der Waals surface area contributed by atoms with Crippen molar-refractivity contribution < 1.29 is 0 Å². The third kappa shape index (κ3) is 6.89. The molecule has 0 unspecified atom stereocenters. The van der Waals surface area contributed by atoms with Crippen LogP contribution in [-0.4, -0.2) is 62.2 Å². The van der Waals surface area contributed by atoms with Gasteiger partial charge in [-0.1, -0.05) is 60.7 Å². The molecule has 1 aliphatic rings. The van der Waals surface area contributed by atoms with E-state index in [2.05, 4.69) is 81.1 Å². The van der Waals surface area contributed by atoms with Gasteiger partial charge in [-0.05, 0) is 11.1 Å². The predicted molar refractivity (Wildman–Crippen MR) is 109 cm³/mol. The fourth-order valence-corrected chi connectivity index (χ4v) is 3.41.